The molecule has 0 aliphatic heterocycles. The zero-order valence-electron chi connectivity index (χ0n) is 6.94. The summed E-state index contributed by atoms with van der Waals surface area (Å²) in [6, 6.07) is 3.31. The standard InChI is InChI=1S/C5H6N9/c6-9-11-13-14(12-10-7)5-2-1-3-8-4-5/h1-4,6-7H/q+1. The Morgan fingerprint density at radius 3 is 2.71 bits per heavy atom. The van der Waals surface area contributed by atoms with Crippen molar-refractivity contribution in [3.05, 3.63) is 24.5 Å². The van der Waals surface area contributed by atoms with E-state index in [0.717, 1.165) is 4.81 Å². The molecule has 9 nitrogen and oxygen atoms in total. The van der Waals surface area contributed by atoms with E-state index in [1.165, 1.54) is 6.20 Å². The van der Waals surface area contributed by atoms with Crippen molar-refractivity contribution in [1.82, 2.24) is 4.98 Å². The van der Waals surface area contributed by atoms with Gasteiger partial charge in [0.05, 0.1) is 11.4 Å². The minimum absolute atomic E-state index is 0.468. The van der Waals surface area contributed by atoms with Crippen LogP contribution in [0.1, 0.15) is 0 Å². The molecule has 0 fully saturated rings. The zero-order chi connectivity index (χ0) is 10.2. The van der Waals surface area contributed by atoms with E-state index < -0.39 is 0 Å². The van der Waals surface area contributed by atoms with Gasteiger partial charge in [-0.25, -0.2) is 0 Å². The molecule has 0 saturated carbocycles. The molecule has 0 radical (unpaired) electrons. The maximum atomic E-state index is 6.54. The molecule has 1 aromatic rings. The number of hydrogen-bond acceptors (Lipinski definition) is 3. The molecule has 0 saturated heterocycles. The van der Waals surface area contributed by atoms with Crippen molar-refractivity contribution >= 4 is 5.69 Å². The van der Waals surface area contributed by atoms with Crippen LogP contribution in [0.25, 0.3) is 0 Å². The van der Waals surface area contributed by atoms with E-state index in [9.17, 15) is 0 Å². The van der Waals surface area contributed by atoms with Gasteiger partial charge in [-0.2, -0.15) is 5.53 Å². The van der Waals surface area contributed by atoms with E-state index in [1.807, 2.05) is 0 Å². The lowest BCUT2D eigenvalue weighted by Crippen LogP contribution is -1.91. The molecule has 0 bridgehead atoms. The molecule has 2 N–H and O–H groups in total. The summed E-state index contributed by atoms with van der Waals surface area (Å²) < 4.78 is 0. The summed E-state index contributed by atoms with van der Waals surface area (Å²) in [6.45, 7) is 0. The van der Waals surface area contributed by atoms with Crippen LogP contribution in [0.3, 0.4) is 0 Å². The highest BCUT2D eigenvalue weighted by Gasteiger charge is 2.04. The van der Waals surface area contributed by atoms with Gasteiger partial charge in [0.15, 0.2) is 10.9 Å². The van der Waals surface area contributed by atoms with E-state index in [1.54, 1.807) is 18.3 Å². The molecule has 0 aliphatic rings. The molecule has 14 heavy (non-hydrogen) atoms. The Balaban J connectivity index is 3.01. The number of pyridine rings is 1. The highest BCUT2D eigenvalue weighted by atomic mass is 15.7. The average molecular weight is 192 g/mol. The number of nitrogens with one attached hydrogen (secondary N) is 2. The average Bonchev–Trinajstić information content (AvgIpc) is 2.25. The van der Waals surface area contributed by atoms with E-state index in [0.29, 0.717) is 5.69 Å². The molecule has 1 heterocycles. The van der Waals surface area contributed by atoms with Crippen molar-refractivity contribution in [3.63, 3.8) is 0 Å². The predicted molar refractivity (Wildman–Crippen MR) is 41.7 cm³/mol. The van der Waals surface area contributed by atoms with Gasteiger partial charge >= 0.3 is 0 Å². The van der Waals surface area contributed by atoms with Crippen LogP contribution >= 0.6 is 0 Å². The third-order valence-corrected chi connectivity index (χ3v) is 1.18. The molecular weight excluding hydrogens is 186 g/mol. The fourth-order valence-corrected chi connectivity index (χ4v) is 0.693. The first kappa shape index (κ1) is 9.64. The molecule has 9 heteroatoms. The van der Waals surface area contributed by atoms with Gasteiger partial charge in [0.1, 0.15) is 15.7 Å². The molecule has 70 valence electrons. The SMILES string of the molecule is N=NN=N[N+](=NN=N)c1cccnc1. The van der Waals surface area contributed by atoms with E-state index in [2.05, 4.69) is 31.1 Å². The van der Waals surface area contributed by atoms with E-state index in [4.69, 9.17) is 11.1 Å². The fraction of sp³-hybridized carbons (Fsp3) is 0. The third-order valence-electron chi connectivity index (χ3n) is 1.18. The highest BCUT2D eigenvalue weighted by Crippen LogP contribution is 2.10. The molecule has 0 aliphatic carbocycles. The van der Waals surface area contributed by atoms with Crippen LogP contribution in [0, 0.1) is 11.1 Å². The first-order valence-electron chi connectivity index (χ1n) is 3.43. The number of rotatable bonds is 4. The molecule has 1 aromatic heterocycles. The Labute approximate surface area is 78.1 Å². The zero-order valence-corrected chi connectivity index (χ0v) is 6.94. The number of aromatic nitrogens is 1. The van der Waals surface area contributed by atoms with Crippen LogP contribution in [0.5, 0.6) is 0 Å². The van der Waals surface area contributed by atoms with E-state index in [-0.39, 0.29) is 0 Å². The van der Waals surface area contributed by atoms with Gasteiger partial charge in [0.25, 0.3) is 0 Å². The minimum atomic E-state index is 0.468. The van der Waals surface area contributed by atoms with Crippen LogP contribution in [-0.4, -0.2) is 9.79 Å². The van der Waals surface area contributed by atoms with Gasteiger partial charge in [0, 0.05) is 6.20 Å². The lowest BCUT2D eigenvalue weighted by atomic mass is 10.4. The molecule has 0 atom stereocenters. The molecule has 1 rings (SSSR count). The summed E-state index contributed by atoms with van der Waals surface area (Å²) in [7, 11) is 0. The van der Waals surface area contributed by atoms with Crippen molar-refractivity contribution in [2.75, 3.05) is 0 Å². The second kappa shape index (κ2) is 5.24. The lowest BCUT2D eigenvalue weighted by Gasteiger charge is -1.90. The Hall–Kier alpha value is -2.45. The van der Waals surface area contributed by atoms with Crippen LogP contribution in [0.15, 0.2) is 50.6 Å². The van der Waals surface area contributed by atoms with Gasteiger partial charge in [0.2, 0.25) is 0 Å². The predicted octanol–water partition coefficient (Wildman–Crippen LogP) is 2.44. The molecule has 0 aromatic carbocycles. The summed E-state index contributed by atoms with van der Waals surface area (Å²) in [4.78, 5) is 4.74. The van der Waals surface area contributed by atoms with Gasteiger partial charge in [-0.05, 0) is 16.9 Å². The van der Waals surface area contributed by atoms with Crippen molar-refractivity contribution in [2.45, 2.75) is 0 Å². The van der Waals surface area contributed by atoms with Crippen molar-refractivity contribution in [1.29, 1.82) is 11.1 Å². The van der Waals surface area contributed by atoms with Crippen LogP contribution in [-0.2, 0) is 0 Å². The Morgan fingerprint density at radius 1 is 1.29 bits per heavy atom. The summed E-state index contributed by atoms with van der Waals surface area (Å²) in [5, 5.41) is 15.2. The maximum Gasteiger partial charge on any atom is 0.172 e. The van der Waals surface area contributed by atoms with Crippen LogP contribution in [0.4, 0.5) is 5.69 Å². The van der Waals surface area contributed by atoms with Gasteiger partial charge in [-0.3, -0.25) is 4.98 Å². The van der Waals surface area contributed by atoms with Crippen molar-refractivity contribution in [2.24, 2.45) is 26.1 Å². The Bertz CT molecular complexity index is 366. The van der Waals surface area contributed by atoms with Crippen molar-refractivity contribution in [3.8, 4) is 0 Å². The first-order chi connectivity index (χ1) is 6.88. The minimum Gasteiger partial charge on any atom is -0.261 e. The topological polar surface area (TPSA) is 125 Å². The molecule has 0 spiro atoms. The number of nitrogens with zero attached hydrogens (tertiary/aromatic N) is 7. The fourth-order valence-electron chi connectivity index (χ4n) is 0.693. The van der Waals surface area contributed by atoms with Gasteiger partial charge in [-0.15, -0.1) is 5.53 Å². The van der Waals surface area contributed by atoms with Crippen LogP contribution in [0.2, 0.25) is 0 Å². The first-order valence-corrected chi connectivity index (χ1v) is 3.43. The second-order valence-electron chi connectivity index (χ2n) is 1.97. The number of hydrogen-bond donors (Lipinski definition) is 2. The van der Waals surface area contributed by atoms with Gasteiger partial charge in [-0.1, -0.05) is 0 Å². The summed E-state index contributed by atoms with van der Waals surface area (Å²) >= 11 is 0. The Kier molecular flexibility index (Phi) is 3.61. The largest absolute Gasteiger partial charge is 0.261 e. The summed E-state index contributed by atoms with van der Waals surface area (Å²) in [5.74, 6) is 0. The van der Waals surface area contributed by atoms with E-state index >= 15 is 0 Å². The molecule has 0 unspecified atom stereocenters. The molecule has 0 amide bonds. The highest BCUT2D eigenvalue weighted by molar-refractivity contribution is 5.22. The maximum absolute atomic E-state index is 6.54. The second-order valence-corrected chi connectivity index (χ2v) is 1.97. The monoisotopic (exact) mass is 192 g/mol. The third kappa shape index (κ3) is 2.55. The summed E-state index contributed by atoms with van der Waals surface area (Å²) in [6.07, 6.45) is 3.03. The normalized spacial score (nSPS) is 11.6. The smallest absolute Gasteiger partial charge is 0.172 e. The van der Waals surface area contributed by atoms with Gasteiger partial charge < -0.3 is 0 Å². The Morgan fingerprint density at radius 2 is 2.14 bits per heavy atom. The van der Waals surface area contributed by atoms with Crippen LogP contribution < -0.4 is 0 Å². The summed E-state index contributed by atoms with van der Waals surface area (Å²) in [5.41, 5.74) is 13.4. The quantitative estimate of drug-likeness (QED) is 0.424. The van der Waals surface area contributed by atoms with Crippen molar-refractivity contribution < 1.29 is 4.81 Å². The molecular formula is C5H6N9+. The lowest BCUT2D eigenvalue weighted by molar-refractivity contribution is -0.530.